The highest BCUT2D eigenvalue weighted by Crippen LogP contribution is 2.15. The number of nitrogen functional groups attached to an aromatic ring is 1. The van der Waals surface area contributed by atoms with Crippen LogP contribution in [0, 0.1) is 0 Å². The van der Waals surface area contributed by atoms with Gasteiger partial charge in [-0.1, -0.05) is 18.2 Å². The molecular formula is C14H11N5O. The summed E-state index contributed by atoms with van der Waals surface area (Å²) in [7, 11) is 0. The summed E-state index contributed by atoms with van der Waals surface area (Å²) in [6.07, 6.45) is 1.59. The second-order valence-corrected chi connectivity index (χ2v) is 4.12. The van der Waals surface area contributed by atoms with E-state index in [9.17, 15) is 4.79 Å². The van der Waals surface area contributed by atoms with Gasteiger partial charge in [0.1, 0.15) is 5.82 Å². The van der Waals surface area contributed by atoms with Crippen LogP contribution < -0.4 is 11.1 Å². The number of hydrogen-bond donors (Lipinski definition) is 2. The van der Waals surface area contributed by atoms with Gasteiger partial charge in [-0.05, 0) is 24.3 Å². The predicted molar refractivity (Wildman–Crippen MR) is 76.1 cm³/mol. The second-order valence-electron chi connectivity index (χ2n) is 4.12. The van der Waals surface area contributed by atoms with E-state index in [1.54, 1.807) is 36.5 Å². The van der Waals surface area contributed by atoms with E-state index in [1.165, 1.54) is 0 Å². The highest BCUT2D eigenvalue weighted by Gasteiger charge is 2.14. The van der Waals surface area contributed by atoms with Gasteiger partial charge in [0.05, 0.1) is 11.0 Å². The van der Waals surface area contributed by atoms with Crippen molar-refractivity contribution < 1.29 is 4.79 Å². The average Bonchev–Trinajstić information content (AvgIpc) is 2.47. The first-order valence-corrected chi connectivity index (χ1v) is 5.99. The molecular weight excluding hydrogens is 254 g/mol. The van der Waals surface area contributed by atoms with Crippen LogP contribution in [0.3, 0.4) is 0 Å². The molecule has 0 spiro atoms. The third kappa shape index (κ3) is 2.26. The van der Waals surface area contributed by atoms with E-state index in [0.29, 0.717) is 16.9 Å². The monoisotopic (exact) mass is 265 g/mol. The van der Waals surface area contributed by atoms with E-state index in [0.717, 1.165) is 0 Å². The maximum absolute atomic E-state index is 12.1. The summed E-state index contributed by atoms with van der Waals surface area (Å²) in [5.74, 6) is 0.100. The van der Waals surface area contributed by atoms with Crippen LogP contribution >= 0.6 is 0 Å². The summed E-state index contributed by atoms with van der Waals surface area (Å²) in [6, 6.07) is 12.5. The van der Waals surface area contributed by atoms with E-state index in [-0.39, 0.29) is 11.5 Å². The van der Waals surface area contributed by atoms with Crippen molar-refractivity contribution in [2.45, 2.75) is 0 Å². The lowest BCUT2D eigenvalue weighted by Crippen LogP contribution is -2.17. The third-order valence-electron chi connectivity index (χ3n) is 2.72. The molecule has 0 aliphatic heterocycles. The number of aromatic nitrogens is 3. The molecule has 3 aromatic rings. The Kier molecular flexibility index (Phi) is 2.96. The Morgan fingerprint density at radius 3 is 2.40 bits per heavy atom. The highest BCUT2D eigenvalue weighted by molar-refractivity contribution is 6.06. The van der Waals surface area contributed by atoms with Crippen LogP contribution in [0.4, 0.5) is 11.6 Å². The van der Waals surface area contributed by atoms with Crippen molar-refractivity contribution >= 4 is 28.6 Å². The van der Waals surface area contributed by atoms with Crippen molar-refractivity contribution in [2.75, 3.05) is 11.1 Å². The van der Waals surface area contributed by atoms with Gasteiger partial charge < -0.3 is 11.1 Å². The molecule has 2 aromatic heterocycles. The molecule has 0 unspecified atom stereocenters. The maximum Gasteiger partial charge on any atom is 0.279 e. The van der Waals surface area contributed by atoms with Crippen LogP contribution in [0.1, 0.15) is 10.5 Å². The summed E-state index contributed by atoms with van der Waals surface area (Å²) in [4.78, 5) is 24.6. The maximum atomic E-state index is 12.1. The van der Waals surface area contributed by atoms with Crippen molar-refractivity contribution in [3.63, 3.8) is 0 Å². The minimum absolute atomic E-state index is 0.0920. The van der Waals surface area contributed by atoms with Crippen molar-refractivity contribution in [2.24, 2.45) is 0 Å². The molecule has 0 fully saturated rings. The zero-order valence-corrected chi connectivity index (χ0v) is 10.4. The molecule has 0 bridgehead atoms. The quantitative estimate of drug-likeness (QED) is 0.737. The lowest BCUT2D eigenvalue weighted by molar-refractivity contribution is 0.102. The molecule has 3 N–H and O–H groups in total. The lowest BCUT2D eigenvalue weighted by atomic mass is 10.2. The molecule has 0 saturated carbocycles. The fraction of sp³-hybridized carbons (Fsp3) is 0. The molecule has 0 radical (unpaired) electrons. The van der Waals surface area contributed by atoms with Crippen LogP contribution in [0.15, 0.2) is 48.7 Å². The average molecular weight is 265 g/mol. The summed E-state index contributed by atoms with van der Waals surface area (Å²) in [5.41, 5.74) is 7.15. The van der Waals surface area contributed by atoms with E-state index in [2.05, 4.69) is 20.3 Å². The summed E-state index contributed by atoms with van der Waals surface area (Å²) >= 11 is 0. The van der Waals surface area contributed by atoms with Crippen LogP contribution in [0.2, 0.25) is 0 Å². The van der Waals surface area contributed by atoms with E-state index < -0.39 is 5.91 Å². The lowest BCUT2D eigenvalue weighted by Gasteiger charge is -2.06. The Morgan fingerprint density at radius 1 is 1.00 bits per heavy atom. The first kappa shape index (κ1) is 12.0. The van der Waals surface area contributed by atoms with Gasteiger partial charge >= 0.3 is 0 Å². The molecule has 98 valence electrons. The van der Waals surface area contributed by atoms with Gasteiger partial charge in [0.15, 0.2) is 11.5 Å². The van der Waals surface area contributed by atoms with Gasteiger partial charge in [-0.2, -0.15) is 0 Å². The van der Waals surface area contributed by atoms with Crippen LogP contribution in [0.5, 0.6) is 0 Å². The summed E-state index contributed by atoms with van der Waals surface area (Å²) < 4.78 is 0. The fourth-order valence-corrected chi connectivity index (χ4v) is 1.79. The van der Waals surface area contributed by atoms with Gasteiger partial charge in [-0.3, -0.25) is 4.79 Å². The molecule has 2 heterocycles. The number of pyridine rings is 1. The Balaban J connectivity index is 1.97. The number of carbonyl (C=O) groups is 1. The van der Waals surface area contributed by atoms with Crippen molar-refractivity contribution in [1.29, 1.82) is 0 Å². The Morgan fingerprint density at radius 2 is 1.70 bits per heavy atom. The molecule has 0 saturated heterocycles. The molecule has 0 atom stereocenters. The molecule has 0 aliphatic rings. The zero-order chi connectivity index (χ0) is 13.9. The number of anilines is 2. The normalized spacial score (nSPS) is 10.4. The fourth-order valence-electron chi connectivity index (χ4n) is 1.79. The number of fused-ring (bicyclic) bond motifs is 1. The Labute approximate surface area is 114 Å². The van der Waals surface area contributed by atoms with Crippen molar-refractivity contribution in [3.05, 3.63) is 54.4 Å². The molecule has 1 aromatic carbocycles. The summed E-state index contributed by atoms with van der Waals surface area (Å²) in [6.45, 7) is 0. The smallest absolute Gasteiger partial charge is 0.279 e. The van der Waals surface area contributed by atoms with Crippen molar-refractivity contribution in [1.82, 2.24) is 15.0 Å². The van der Waals surface area contributed by atoms with E-state index in [4.69, 9.17) is 5.73 Å². The molecule has 3 rings (SSSR count). The van der Waals surface area contributed by atoms with E-state index >= 15 is 0 Å². The standard InChI is InChI=1S/C14H11N5O/c15-13-12(14(20)19-11-7-3-4-8-16-11)17-9-5-1-2-6-10(9)18-13/h1-8H,(H2,15,18)(H,16,19,20). The number of carbonyl (C=O) groups excluding carboxylic acids is 1. The summed E-state index contributed by atoms with van der Waals surface area (Å²) in [5, 5.41) is 2.63. The van der Waals surface area contributed by atoms with Crippen LogP contribution in [0.25, 0.3) is 11.0 Å². The minimum atomic E-state index is -0.431. The van der Waals surface area contributed by atoms with Gasteiger partial charge in [-0.25, -0.2) is 15.0 Å². The molecule has 6 heteroatoms. The van der Waals surface area contributed by atoms with Gasteiger partial charge in [-0.15, -0.1) is 0 Å². The molecule has 0 aliphatic carbocycles. The SMILES string of the molecule is Nc1nc2ccccc2nc1C(=O)Nc1ccccn1. The Hall–Kier alpha value is -3.02. The van der Waals surface area contributed by atoms with Crippen molar-refractivity contribution in [3.8, 4) is 0 Å². The molecule has 6 nitrogen and oxygen atoms in total. The number of amides is 1. The second kappa shape index (κ2) is 4.93. The van der Waals surface area contributed by atoms with Gasteiger partial charge in [0, 0.05) is 6.20 Å². The number of nitrogens with two attached hydrogens (primary N) is 1. The largest absolute Gasteiger partial charge is 0.382 e. The number of para-hydroxylation sites is 2. The first-order chi connectivity index (χ1) is 9.74. The van der Waals surface area contributed by atoms with Crippen LogP contribution in [-0.4, -0.2) is 20.9 Å². The molecule has 20 heavy (non-hydrogen) atoms. The zero-order valence-electron chi connectivity index (χ0n) is 10.4. The van der Waals surface area contributed by atoms with Gasteiger partial charge in [0.25, 0.3) is 5.91 Å². The first-order valence-electron chi connectivity index (χ1n) is 5.99. The number of nitrogens with one attached hydrogen (secondary N) is 1. The minimum Gasteiger partial charge on any atom is -0.382 e. The highest BCUT2D eigenvalue weighted by atomic mass is 16.2. The predicted octanol–water partition coefficient (Wildman–Crippen LogP) is 1.86. The number of benzene rings is 1. The van der Waals surface area contributed by atoms with Crippen LogP contribution in [-0.2, 0) is 0 Å². The third-order valence-corrected chi connectivity index (χ3v) is 2.72. The Bertz CT molecular complexity index is 773. The number of nitrogens with zero attached hydrogens (tertiary/aromatic N) is 3. The van der Waals surface area contributed by atoms with E-state index in [1.807, 2.05) is 12.1 Å². The topological polar surface area (TPSA) is 93.8 Å². The van der Waals surface area contributed by atoms with Gasteiger partial charge in [0.2, 0.25) is 0 Å². The molecule has 1 amide bonds. The number of rotatable bonds is 2. The number of hydrogen-bond acceptors (Lipinski definition) is 5.